The molecule has 0 atom stereocenters. The van der Waals surface area contributed by atoms with Crippen LogP contribution in [0.4, 0.5) is 0 Å². The maximum atomic E-state index is 11.9. The molecule has 94 valence electrons. The van der Waals surface area contributed by atoms with Crippen molar-refractivity contribution in [2.45, 2.75) is 20.3 Å². The van der Waals surface area contributed by atoms with Gasteiger partial charge in [0, 0.05) is 12.7 Å². The molecule has 2 aromatic rings. The molecule has 0 saturated carbocycles. The average molecular weight is 261 g/mol. The Morgan fingerprint density at radius 1 is 1.44 bits per heavy atom. The molecule has 0 radical (unpaired) electrons. The van der Waals surface area contributed by atoms with E-state index in [0.717, 1.165) is 22.8 Å². The first-order valence-corrected chi connectivity index (χ1v) is 6.71. The van der Waals surface area contributed by atoms with E-state index in [1.54, 1.807) is 6.20 Å². The Morgan fingerprint density at radius 2 is 2.28 bits per heavy atom. The van der Waals surface area contributed by atoms with Gasteiger partial charge in [-0.05, 0) is 25.5 Å². The Morgan fingerprint density at radius 3 is 2.94 bits per heavy atom. The number of carbonyl (C=O) groups excluding carboxylic acids is 1. The lowest BCUT2D eigenvalue weighted by molar-refractivity contribution is 0.0957. The van der Waals surface area contributed by atoms with E-state index >= 15 is 0 Å². The number of nitrogens with one attached hydrogen (secondary N) is 1. The molecule has 18 heavy (non-hydrogen) atoms. The van der Waals surface area contributed by atoms with Gasteiger partial charge in [0.2, 0.25) is 0 Å². The molecule has 5 heteroatoms. The lowest BCUT2D eigenvalue weighted by atomic mass is 10.3. The number of hydrogen-bond donors (Lipinski definition) is 1. The first kappa shape index (κ1) is 12.7. The van der Waals surface area contributed by atoms with Crippen LogP contribution in [-0.2, 0) is 0 Å². The van der Waals surface area contributed by atoms with Crippen LogP contribution in [0.3, 0.4) is 0 Å². The first-order valence-electron chi connectivity index (χ1n) is 5.89. The second-order valence-corrected chi connectivity index (χ2v) is 4.90. The van der Waals surface area contributed by atoms with Gasteiger partial charge in [-0.15, -0.1) is 11.3 Å². The van der Waals surface area contributed by atoms with Crippen LogP contribution < -0.4 is 5.32 Å². The Labute approximate surface area is 110 Å². The SMILES string of the molecule is CCCNC(=O)c1sc(-c2ccccn2)nc1C. The van der Waals surface area contributed by atoms with E-state index in [1.165, 1.54) is 11.3 Å². The summed E-state index contributed by atoms with van der Waals surface area (Å²) in [5, 5.41) is 3.65. The molecule has 0 spiro atoms. The number of aromatic nitrogens is 2. The Bertz CT molecular complexity index is 536. The number of thiazole rings is 1. The second-order valence-electron chi connectivity index (χ2n) is 3.90. The summed E-state index contributed by atoms with van der Waals surface area (Å²) in [4.78, 5) is 21.2. The van der Waals surface area contributed by atoms with Crippen molar-refractivity contribution >= 4 is 17.2 Å². The third kappa shape index (κ3) is 2.73. The smallest absolute Gasteiger partial charge is 0.263 e. The van der Waals surface area contributed by atoms with Crippen molar-refractivity contribution in [3.05, 3.63) is 35.0 Å². The van der Waals surface area contributed by atoms with Gasteiger partial charge in [-0.3, -0.25) is 9.78 Å². The first-order chi connectivity index (χ1) is 8.72. The summed E-state index contributed by atoms with van der Waals surface area (Å²) in [6.07, 6.45) is 2.65. The molecule has 1 N–H and O–H groups in total. The van der Waals surface area contributed by atoms with Gasteiger partial charge in [0.15, 0.2) is 0 Å². The monoisotopic (exact) mass is 261 g/mol. The van der Waals surface area contributed by atoms with Crippen molar-refractivity contribution in [3.63, 3.8) is 0 Å². The fourth-order valence-corrected chi connectivity index (χ4v) is 2.48. The number of aryl methyl sites for hydroxylation is 1. The van der Waals surface area contributed by atoms with Crippen LogP contribution in [0.25, 0.3) is 10.7 Å². The number of hydrogen-bond acceptors (Lipinski definition) is 4. The average Bonchev–Trinajstić information content (AvgIpc) is 2.79. The second kappa shape index (κ2) is 5.73. The predicted molar refractivity (Wildman–Crippen MR) is 72.7 cm³/mol. The van der Waals surface area contributed by atoms with Gasteiger partial charge >= 0.3 is 0 Å². The van der Waals surface area contributed by atoms with Gasteiger partial charge in [-0.2, -0.15) is 0 Å². The summed E-state index contributed by atoms with van der Waals surface area (Å²) in [6.45, 7) is 4.57. The normalized spacial score (nSPS) is 10.3. The van der Waals surface area contributed by atoms with E-state index in [4.69, 9.17) is 0 Å². The maximum Gasteiger partial charge on any atom is 0.263 e. The number of pyridine rings is 1. The summed E-state index contributed by atoms with van der Waals surface area (Å²) in [7, 11) is 0. The molecule has 0 aliphatic rings. The third-order valence-electron chi connectivity index (χ3n) is 2.42. The highest BCUT2D eigenvalue weighted by Gasteiger charge is 2.15. The van der Waals surface area contributed by atoms with Gasteiger partial charge < -0.3 is 5.32 Å². The molecular formula is C13H15N3OS. The Balaban J connectivity index is 2.25. The fraction of sp³-hybridized carbons (Fsp3) is 0.308. The summed E-state index contributed by atoms with van der Waals surface area (Å²) in [5.74, 6) is -0.0472. The van der Waals surface area contributed by atoms with E-state index in [1.807, 2.05) is 32.0 Å². The van der Waals surface area contributed by atoms with Gasteiger partial charge in [-0.1, -0.05) is 13.0 Å². The van der Waals surface area contributed by atoms with Crippen LogP contribution in [0.1, 0.15) is 28.7 Å². The zero-order chi connectivity index (χ0) is 13.0. The molecule has 1 amide bonds. The highest BCUT2D eigenvalue weighted by Crippen LogP contribution is 2.26. The van der Waals surface area contributed by atoms with Gasteiger partial charge in [-0.25, -0.2) is 4.98 Å². The molecule has 2 aromatic heterocycles. The van der Waals surface area contributed by atoms with Crippen LogP contribution in [-0.4, -0.2) is 22.4 Å². The maximum absolute atomic E-state index is 11.9. The van der Waals surface area contributed by atoms with Crippen molar-refractivity contribution in [2.24, 2.45) is 0 Å². The van der Waals surface area contributed by atoms with E-state index in [9.17, 15) is 4.79 Å². The number of rotatable bonds is 4. The van der Waals surface area contributed by atoms with E-state index in [-0.39, 0.29) is 5.91 Å². The lowest BCUT2D eigenvalue weighted by Gasteiger charge is -2.00. The van der Waals surface area contributed by atoms with Crippen LogP contribution in [0, 0.1) is 6.92 Å². The van der Waals surface area contributed by atoms with Gasteiger partial charge in [0.1, 0.15) is 9.88 Å². The van der Waals surface area contributed by atoms with Crippen molar-refractivity contribution in [3.8, 4) is 10.7 Å². The summed E-state index contributed by atoms with van der Waals surface area (Å²) in [6, 6.07) is 5.67. The van der Waals surface area contributed by atoms with E-state index in [2.05, 4.69) is 15.3 Å². The number of carbonyl (C=O) groups is 1. The van der Waals surface area contributed by atoms with Crippen LogP contribution in [0.2, 0.25) is 0 Å². The standard InChI is InChI=1S/C13H15N3OS/c1-3-7-15-12(17)11-9(2)16-13(18-11)10-6-4-5-8-14-10/h4-6,8H,3,7H2,1-2H3,(H,15,17). The number of amides is 1. The summed E-state index contributed by atoms with van der Waals surface area (Å²) < 4.78 is 0. The summed E-state index contributed by atoms with van der Waals surface area (Å²) in [5.41, 5.74) is 1.56. The van der Waals surface area contributed by atoms with Crippen molar-refractivity contribution in [2.75, 3.05) is 6.54 Å². The Hall–Kier alpha value is -1.75. The molecule has 0 aliphatic carbocycles. The molecule has 2 heterocycles. The minimum Gasteiger partial charge on any atom is -0.351 e. The minimum absolute atomic E-state index is 0.0472. The molecule has 4 nitrogen and oxygen atoms in total. The van der Waals surface area contributed by atoms with Crippen molar-refractivity contribution in [1.82, 2.24) is 15.3 Å². The number of nitrogens with zero attached hydrogens (tertiary/aromatic N) is 2. The highest BCUT2D eigenvalue weighted by molar-refractivity contribution is 7.17. The molecule has 0 unspecified atom stereocenters. The zero-order valence-corrected chi connectivity index (χ0v) is 11.3. The van der Waals surface area contributed by atoms with Crippen LogP contribution in [0.5, 0.6) is 0 Å². The minimum atomic E-state index is -0.0472. The van der Waals surface area contributed by atoms with E-state index in [0.29, 0.717) is 11.4 Å². The molecule has 0 saturated heterocycles. The summed E-state index contributed by atoms with van der Waals surface area (Å²) >= 11 is 1.39. The van der Waals surface area contributed by atoms with Crippen molar-refractivity contribution in [1.29, 1.82) is 0 Å². The predicted octanol–water partition coefficient (Wildman–Crippen LogP) is 2.65. The van der Waals surface area contributed by atoms with Crippen molar-refractivity contribution < 1.29 is 4.79 Å². The molecule has 2 rings (SSSR count). The van der Waals surface area contributed by atoms with Gasteiger partial charge in [0.25, 0.3) is 5.91 Å². The lowest BCUT2D eigenvalue weighted by Crippen LogP contribution is -2.23. The highest BCUT2D eigenvalue weighted by atomic mass is 32.1. The molecule has 0 aromatic carbocycles. The molecular weight excluding hydrogens is 246 g/mol. The van der Waals surface area contributed by atoms with Gasteiger partial charge in [0.05, 0.1) is 11.4 Å². The third-order valence-corrected chi connectivity index (χ3v) is 3.60. The Kier molecular flexibility index (Phi) is 4.04. The van der Waals surface area contributed by atoms with Crippen LogP contribution in [0.15, 0.2) is 24.4 Å². The fourth-order valence-electron chi connectivity index (χ4n) is 1.52. The topological polar surface area (TPSA) is 54.9 Å². The molecule has 0 fully saturated rings. The molecule has 0 bridgehead atoms. The van der Waals surface area contributed by atoms with Crippen LogP contribution >= 0.6 is 11.3 Å². The quantitative estimate of drug-likeness (QED) is 0.920. The zero-order valence-electron chi connectivity index (χ0n) is 10.4. The van der Waals surface area contributed by atoms with E-state index < -0.39 is 0 Å². The molecule has 0 aliphatic heterocycles. The largest absolute Gasteiger partial charge is 0.351 e.